The minimum absolute atomic E-state index is 0.0907. The van der Waals surface area contributed by atoms with E-state index < -0.39 is 5.82 Å². The van der Waals surface area contributed by atoms with Crippen LogP contribution in [0.1, 0.15) is 29.6 Å². The number of carbonyl (C=O) groups is 1. The van der Waals surface area contributed by atoms with Gasteiger partial charge in [-0.2, -0.15) is 11.8 Å². The summed E-state index contributed by atoms with van der Waals surface area (Å²) in [5, 5.41) is 0. The van der Waals surface area contributed by atoms with E-state index in [1.165, 1.54) is 19.2 Å². The Morgan fingerprint density at radius 3 is 2.78 bits per heavy atom. The molecule has 1 aromatic rings. The zero-order valence-corrected chi connectivity index (χ0v) is 11.3. The second-order valence-corrected chi connectivity index (χ2v) is 5.75. The molecule has 1 aliphatic rings. The zero-order chi connectivity index (χ0) is 13.0. The highest BCUT2D eigenvalue weighted by Crippen LogP contribution is 2.27. The Morgan fingerprint density at radius 1 is 1.44 bits per heavy atom. The molecule has 4 heteroatoms. The maximum Gasteiger partial charge on any atom is 0.166 e. The standard InChI is InChI=1S/C14H17FO2S/c1-17-11-2-3-12(13(15)9-11)14(16)8-10-4-6-18-7-5-10/h2-3,9-10H,4-8H2,1H3. The number of ketones is 1. The molecule has 1 aliphatic heterocycles. The largest absolute Gasteiger partial charge is 0.497 e. The lowest BCUT2D eigenvalue weighted by Crippen LogP contribution is -2.15. The number of carbonyl (C=O) groups excluding carboxylic acids is 1. The summed E-state index contributed by atoms with van der Waals surface area (Å²) in [5.74, 6) is 2.52. The number of benzene rings is 1. The van der Waals surface area contributed by atoms with Gasteiger partial charge in [-0.3, -0.25) is 4.79 Å². The van der Waals surface area contributed by atoms with E-state index in [1.54, 1.807) is 6.07 Å². The second kappa shape index (κ2) is 6.23. The first-order valence-electron chi connectivity index (χ1n) is 6.15. The number of halogens is 1. The van der Waals surface area contributed by atoms with Crippen LogP contribution in [-0.4, -0.2) is 24.4 Å². The molecule has 1 fully saturated rings. The van der Waals surface area contributed by atoms with Gasteiger partial charge in [-0.1, -0.05) is 0 Å². The molecular weight excluding hydrogens is 251 g/mol. The zero-order valence-electron chi connectivity index (χ0n) is 10.4. The van der Waals surface area contributed by atoms with Gasteiger partial charge in [0.15, 0.2) is 5.78 Å². The molecule has 0 saturated carbocycles. The number of ether oxygens (including phenoxy) is 1. The molecule has 0 unspecified atom stereocenters. The summed E-state index contributed by atoms with van der Waals surface area (Å²) in [7, 11) is 1.48. The Labute approximate surface area is 111 Å². The Kier molecular flexibility index (Phi) is 4.64. The molecule has 2 rings (SSSR count). The number of hydrogen-bond donors (Lipinski definition) is 0. The van der Waals surface area contributed by atoms with Crippen LogP contribution in [0, 0.1) is 11.7 Å². The van der Waals surface area contributed by atoms with Crippen molar-refractivity contribution < 1.29 is 13.9 Å². The molecule has 2 nitrogen and oxygen atoms in total. The molecule has 0 atom stereocenters. The summed E-state index contributed by atoms with van der Waals surface area (Å²) in [4.78, 5) is 12.0. The Bertz CT molecular complexity index is 428. The van der Waals surface area contributed by atoms with Gasteiger partial charge in [-0.05, 0) is 42.4 Å². The summed E-state index contributed by atoms with van der Waals surface area (Å²) >= 11 is 1.93. The van der Waals surface area contributed by atoms with E-state index in [-0.39, 0.29) is 11.3 Å². The monoisotopic (exact) mass is 268 g/mol. The third-order valence-corrected chi connectivity index (χ3v) is 4.34. The van der Waals surface area contributed by atoms with Crippen molar-refractivity contribution in [3.05, 3.63) is 29.6 Å². The lowest BCUT2D eigenvalue weighted by molar-refractivity contribution is 0.0954. The molecular formula is C14H17FO2S. The lowest BCUT2D eigenvalue weighted by atomic mass is 9.93. The quantitative estimate of drug-likeness (QED) is 0.781. The number of thioether (sulfide) groups is 1. The highest BCUT2D eigenvalue weighted by Gasteiger charge is 2.20. The Morgan fingerprint density at radius 2 is 2.17 bits per heavy atom. The highest BCUT2D eigenvalue weighted by atomic mass is 32.2. The molecule has 1 heterocycles. The van der Waals surface area contributed by atoms with Crippen LogP contribution in [0.5, 0.6) is 5.75 Å². The second-order valence-electron chi connectivity index (χ2n) is 4.53. The van der Waals surface area contributed by atoms with Gasteiger partial charge < -0.3 is 4.74 Å². The van der Waals surface area contributed by atoms with Crippen molar-refractivity contribution in [1.29, 1.82) is 0 Å². The SMILES string of the molecule is COc1ccc(C(=O)CC2CCSCC2)c(F)c1. The van der Waals surface area contributed by atoms with Crippen molar-refractivity contribution in [2.75, 3.05) is 18.6 Å². The van der Waals surface area contributed by atoms with E-state index in [1.807, 2.05) is 11.8 Å². The van der Waals surface area contributed by atoms with Crippen LogP contribution in [-0.2, 0) is 0 Å². The predicted octanol–water partition coefficient (Wildman–Crippen LogP) is 3.55. The van der Waals surface area contributed by atoms with Gasteiger partial charge in [0.05, 0.1) is 12.7 Å². The molecule has 1 saturated heterocycles. The van der Waals surface area contributed by atoms with Crippen LogP contribution < -0.4 is 4.74 Å². The highest BCUT2D eigenvalue weighted by molar-refractivity contribution is 7.99. The van der Waals surface area contributed by atoms with E-state index in [0.717, 1.165) is 24.3 Å². The summed E-state index contributed by atoms with van der Waals surface area (Å²) in [5.41, 5.74) is 0.189. The van der Waals surface area contributed by atoms with Crippen molar-refractivity contribution in [1.82, 2.24) is 0 Å². The van der Waals surface area contributed by atoms with E-state index in [9.17, 15) is 9.18 Å². The van der Waals surface area contributed by atoms with Crippen molar-refractivity contribution in [2.24, 2.45) is 5.92 Å². The van der Waals surface area contributed by atoms with E-state index in [4.69, 9.17) is 4.74 Å². The number of hydrogen-bond acceptors (Lipinski definition) is 3. The summed E-state index contributed by atoms with van der Waals surface area (Å²) in [6.07, 6.45) is 2.59. The lowest BCUT2D eigenvalue weighted by Gasteiger charge is -2.20. The molecule has 18 heavy (non-hydrogen) atoms. The average Bonchev–Trinajstić information content (AvgIpc) is 2.39. The molecule has 0 aliphatic carbocycles. The van der Waals surface area contributed by atoms with Crippen molar-refractivity contribution in [3.63, 3.8) is 0 Å². The van der Waals surface area contributed by atoms with Gasteiger partial charge in [0.25, 0.3) is 0 Å². The first-order chi connectivity index (χ1) is 8.70. The van der Waals surface area contributed by atoms with Gasteiger partial charge in [0.2, 0.25) is 0 Å². The van der Waals surface area contributed by atoms with E-state index >= 15 is 0 Å². The molecule has 0 N–H and O–H groups in total. The maximum absolute atomic E-state index is 13.7. The molecule has 0 bridgehead atoms. The molecule has 0 aromatic heterocycles. The van der Waals surface area contributed by atoms with Crippen LogP contribution in [0.25, 0.3) is 0 Å². The van der Waals surface area contributed by atoms with Crippen LogP contribution in [0.15, 0.2) is 18.2 Å². The average molecular weight is 268 g/mol. The summed E-state index contributed by atoms with van der Waals surface area (Å²) in [6.45, 7) is 0. The Balaban J connectivity index is 2.03. The van der Waals surface area contributed by atoms with Gasteiger partial charge in [0.1, 0.15) is 11.6 Å². The maximum atomic E-state index is 13.7. The topological polar surface area (TPSA) is 26.3 Å². The van der Waals surface area contributed by atoms with Crippen molar-refractivity contribution in [2.45, 2.75) is 19.3 Å². The number of rotatable bonds is 4. The van der Waals surface area contributed by atoms with Gasteiger partial charge in [0, 0.05) is 12.5 Å². The normalized spacial score (nSPS) is 16.6. The Hall–Kier alpha value is -1.03. The first-order valence-corrected chi connectivity index (χ1v) is 7.30. The molecule has 0 amide bonds. The van der Waals surface area contributed by atoms with Crippen LogP contribution in [0.4, 0.5) is 4.39 Å². The van der Waals surface area contributed by atoms with E-state index in [2.05, 4.69) is 0 Å². The minimum atomic E-state index is -0.482. The first kappa shape index (κ1) is 13.4. The van der Waals surface area contributed by atoms with Crippen molar-refractivity contribution in [3.8, 4) is 5.75 Å². The molecule has 0 spiro atoms. The van der Waals surface area contributed by atoms with E-state index in [0.29, 0.717) is 18.1 Å². The molecule has 1 aromatic carbocycles. The third kappa shape index (κ3) is 3.25. The van der Waals surface area contributed by atoms with Gasteiger partial charge in [-0.25, -0.2) is 4.39 Å². The van der Waals surface area contributed by atoms with Crippen LogP contribution in [0.3, 0.4) is 0 Å². The molecule has 0 radical (unpaired) electrons. The smallest absolute Gasteiger partial charge is 0.166 e. The minimum Gasteiger partial charge on any atom is -0.497 e. The number of methoxy groups -OCH3 is 1. The van der Waals surface area contributed by atoms with Crippen molar-refractivity contribution >= 4 is 17.5 Å². The predicted molar refractivity (Wildman–Crippen MR) is 71.9 cm³/mol. The number of Topliss-reactive ketones (excluding diaryl/α,β-unsaturated/α-hetero) is 1. The fourth-order valence-electron chi connectivity index (χ4n) is 2.17. The van der Waals surface area contributed by atoms with Gasteiger partial charge in [-0.15, -0.1) is 0 Å². The van der Waals surface area contributed by atoms with Crippen LogP contribution >= 0.6 is 11.8 Å². The summed E-state index contributed by atoms with van der Waals surface area (Å²) < 4.78 is 18.7. The molecule has 98 valence electrons. The van der Waals surface area contributed by atoms with Gasteiger partial charge >= 0.3 is 0 Å². The van der Waals surface area contributed by atoms with Crippen LogP contribution in [0.2, 0.25) is 0 Å². The summed E-state index contributed by atoms with van der Waals surface area (Å²) in [6, 6.07) is 4.42. The fourth-order valence-corrected chi connectivity index (χ4v) is 3.38. The fraction of sp³-hybridized carbons (Fsp3) is 0.500. The third-order valence-electron chi connectivity index (χ3n) is 3.29.